The van der Waals surface area contributed by atoms with Gasteiger partial charge < -0.3 is 24.1 Å². The normalized spacial score (nSPS) is 11.8. The highest BCUT2D eigenvalue weighted by Crippen LogP contribution is 2.42. The molecule has 0 aliphatic rings. The molecule has 0 bridgehead atoms. The maximum absolute atomic E-state index is 12.5. The number of rotatable bonds is 9. The molecule has 6 nitrogen and oxygen atoms in total. The largest absolute Gasteiger partial charge is 0.496 e. The molecule has 0 unspecified atom stereocenters. The maximum Gasteiger partial charge on any atom is 0.244 e. The summed E-state index contributed by atoms with van der Waals surface area (Å²) in [6.45, 7) is 5.45. The van der Waals surface area contributed by atoms with Gasteiger partial charge in [-0.3, -0.25) is 4.79 Å². The molecule has 0 saturated carbocycles. The zero-order valence-electron chi connectivity index (χ0n) is 19.7. The number of carbonyl (C=O) groups is 1. The lowest BCUT2D eigenvalue weighted by Gasteiger charge is -2.14. The second-order valence-corrected chi connectivity index (χ2v) is 8.08. The Morgan fingerprint density at radius 1 is 1.16 bits per heavy atom. The summed E-state index contributed by atoms with van der Waals surface area (Å²) < 4.78 is 17.2. The monoisotopic (exact) mass is 436 g/mol. The molecule has 3 rings (SSSR count). The summed E-state index contributed by atoms with van der Waals surface area (Å²) >= 11 is 0. The van der Waals surface area contributed by atoms with Crippen LogP contribution in [0.3, 0.4) is 0 Å². The Balaban J connectivity index is 2.00. The molecule has 0 aliphatic carbocycles. The molecular weight excluding hydrogens is 404 g/mol. The van der Waals surface area contributed by atoms with Gasteiger partial charge in [0.2, 0.25) is 5.91 Å². The minimum Gasteiger partial charge on any atom is -0.496 e. The van der Waals surface area contributed by atoms with E-state index >= 15 is 0 Å². The van der Waals surface area contributed by atoms with Gasteiger partial charge in [0.05, 0.1) is 20.5 Å². The molecule has 0 fully saturated rings. The van der Waals surface area contributed by atoms with Gasteiger partial charge in [-0.2, -0.15) is 0 Å². The molecule has 6 heteroatoms. The molecule has 0 radical (unpaired) electrons. The smallest absolute Gasteiger partial charge is 0.244 e. The minimum absolute atomic E-state index is 0.113. The fraction of sp³-hybridized carbons (Fsp3) is 0.346. The van der Waals surface area contributed by atoms with E-state index in [1.54, 1.807) is 26.6 Å². The highest BCUT2D eigenvalue weighted by atomic mass is 16.5. The summed E-state index contributed by atoms with van der Waals surface area (Å²) in [5.41, 5.74) is 5.21. The molecule has 1 amide bonds. The first-order chi connectivity index (χ1) is 15.4. The van der Waals surface area contributed by atoms with Crippen LogP contribution in [0.15, 0.2) is 47.1 Å². The summed E-state index contributed by atoms with van der Waals surface area (Å²) in [4.78, 5) is 14.6. The highest BCUT2D eigenvalue weighted by molar-refractivity contribution is 6.02. The van der Waals surface area contributed by atoms with Gasteiger partial charge in [-0.05, 0) is 58.6 Å². The third-order valence-corrected chi connectivity index (χ3v) is 5.50. The second kappa shape index (κ2) is 10.4. The molecule has 32 heavy (non-hydrogen) atoms. The van der Waals surface area contributed by atoms with Gasteiger partial charge in [0.25, 0.3) is 0 Å². The van der Waals surface area contributed by atoms with Crippen molar-refractivity contribution in [1.29, 1.82) is 0 Å². The van der Waals surface area contributed by atoms with Crippen LogP contribution in [0.5, 0.6) is 11.5 Å². The third-order valence-electron chi connectivity index (χ3n) is 5.50. The summed E-state index contributed by atoms with van der Waals surface area (Å²) in [6, 6.07) is 9.87. The first-order valence-corrected chi connectivity index (χ1v) is 10.7. The van der Waals surface area contributed by atoms with Gasteiger partial charge in [-0.15, -0.1) is 0 Å². The third kappa shape index (κ3) is 4.97. The molecule has 2 aromatic carbocycles. The van der Waals surface area contributed by atoms with Crippen molar-refractivity contribution in [2.75, 3.05) is 41.4 Å². The SMILES string of the molecule is COc1ccccc1-c1coc2c(C)c(OC)c(/C(C)=C/C(=O)NCCCN(C)C)cc12. The number of nitrogens with one attached hydrogen (secondary N) is 1. The number of benzene rings is 2. The number of carbonyl (C=O) groups excluding carboxylic acids is 1. The summed E-state index contributed by atoms with van der Waals surface area (Å²) in [6.07, 6.45) is 4.27. The first kappa shape index (κ1) is 23.4. The molecule has 3 aromatic rings. The van der Waals surface area contributed by atoms with Crippen molar-refractivity contribution in [3.8, 4) is 22.6 Å². The highest BCUT2D eigenvalue weighted by Gasteiger charge is 2.20. The van der Waals surface area contributed by atoms with Crippen molar-refractivity contribution in [2.24, 2.45) is 0 Å². The molecule has 0 aliphatic heterocycles. The predicted molar refractivity (Wildman–Crippen MR) is 129 cm³/mol. The maximum atomic E-state index is 12.5. The van der Waals surface area contributed by atoms with Crippen molar-refractivity contribution in [2.45, 2.75) is 20.3 Å². The van der Waals surface area contributed by atoms with Gasteiger partial charge >= 0.3 is 0 Å². The average Bonchev–Trinajstić information content (AvgIpc) is 3.20. The number of para-hydroxylation sites is 1. The van der Waals surface area contributed by atoms with Crippen LogP contribution in [-0.2, 0) is 4.79 Å². The number of nitrogens with zero attached hydrogens (tertiary/aromatic N) is 1. The lowest BCUT2D eigenvalue weighted by molar-refractivity contribution is -0.116. The van der Waals surface area contributed by atoms with E-state index < -0.39 is 0 Å². The topological polar surface area (TPSA) is 63.9 Å². The Morgan fingerprint density at radius 3 is 2.59 bits per heavy atom. The van der Waals surface area contributed by atoms with Crippen LogP contribution in [0.1, 0.15) is 24.5 Å². The number of amides is 1. The summed E-state index contributed by atoms with van der Waals surface area (Å²) in [5.74, 6) is 1.36. The van der Waals surface area contributed by atoms with Crippen LogP contribution >= 0.6 is 0 Å². The fourth-order valence-corrected chi connectivity index (χ4v) is 3.88. The van der Waals surface area contributed by atoms with E-state index in [4.69, 9.17) is 13.9 Å². The molecule has 170 valence electrons. The standard InChI is InChI=1S/C26H32N2O4/c1-17(14-24(29)27-12-9-13-28(3)4)20-15-21-22(19-10-7-8-11-23(19)30-5)16-32-26(21)18(2)25(20)31-6/h7-8,10-11,14-16H,9,12-13H2,1-6H3,(H,27,29)/b17-14+. The van der Waals surface area contributed by atoms with E-state index in [2.05, 4.69) is 10.2 Å². The van der Waals surface area contributed by atoms with Gasteiger partial charge in [0.1, 0.15) is 17.1 Å². The van der Waals surface area contributed by atoms with Crippen LogP contribution in [0.25, 0.3) is 27.7 Å². The number of methoxy groups -OCH3 is 2. The van der Waals surface area contributed by atoms with Crippen LogP contribution in [-0.4, -0.2) is 52.2 Å². The molecule has 0 saturated heterocycles. The van der Waals surface area contributed by atoms with Crippen molar-refractivity contribution >= 4 is 22.4 Å². The number of aryl methyl sites for hydroxylation is 1. The van der Waals surface area contributed by atoms with E-state index in [9.17, 15) is 4.79 Å². The Morgan fingerprint density at radius 2 is 1.91 bits per heavy atom. The lowest BCUT2D eigenvalue weighted by Crippen LogP contribution is -2.25. The van der Waals surface area contributed by atoms with Crippen molar-refractivity contribution in [3.63, 3.8) is 0 Å². The van der Waals surface area contributed by atoms with Crippen LogP contribution in [0.4, 0.5) is 0 Å². The molecule has 0 atom stereocenters. The Labute approximate surface area is 189 Å². The average molecular weight is 437 g/mol. The van der Waals surface area contributed by atoms with E-state index in [1.165, 1.54) is 0 Å². The van der Waals surface area contributed by atoms with Gasteiger partial charge in [0, 0.05) is 40.3 Å². The molecular formula is C26H32N2O4. The van der Waals surface area contributed by atoms with E-state index in [0.717, 1.165) is 57.5 Å². The molecule has 0 spiro atoms. The first-order valence-electron chi connectivity index (χ1n) is 10.7. The van der Waals surface area contributed by atoms with Crippen molar-refractivity contribution < 1.29 is 18.7 Å². The van der Waals surface area contributed by atoms with Gasteiger partial charge in [-0.1, -0.05) is 18.2 Å². The zero-order chi connectivity index (χ0) is 23.3. The van der Waals surface area contributed by atoms with Crippen molar-refractivity contribution in [1.82, 2.24) is 10.2 Å². The number of furan rings is 1. The second-order valence-electron chi connectivity index (χ2n) is 8.08. The van der Waals surface area contributed by atoms with Gasteiger partial charge in [-0.25, -0.2) is 0 Å². The number of hydrogen-bond acceptors (Lipinski definition) is 5. The van der Waals surface area contributed by atoms with E-state index in [-0.39, 0.29) is 5.91 Å². The number of fused-ring (bicyclic) bond motifs is 1. The molecule has 1 N–H and O–H groups in total. The molecule has 1 heterocycles. The summed E-state index contributed by atoms with van der Waals surface area (Å²) in [5, 5.41) is 3.90. The Hall–Kier alpha value is -3.25. The van der Waals surface area contributed by atoms with E-state index in [0.29, 0.717) is 12.3 Å². The van der Waals surface area contributed by atoms with E-state index in [1.807, 2.05) is 58.3 Å². The Bertz CT molecular complexity index is 1130. The van der Waals surface area contributed by atoms with Crippen molar-refractivity contribution in [3.05, 3.63) is 53.8 Å². The zero-order valence-corrected chi connectivity index (χ0v) is 19.7. The van der Waals surface area contributed by atoms with Crippen LogP contribution in [0, 0.1) is 6.92 Å². The Kier molecular flexibility index (Phi) is 7.59. The molecule has 1 aromatic heterocycles. The number of hydrogen-bond donors (Lipinski definition) is 1. The van der Waals surface area contributed by atoms with Gasteiger partial charge in [0.15, 0.2) is 0 Å². The summed E-state index contributed by atoms with van der Waals surface area (Å²) in [7, 11) is 7.33. The quantitative estimate of drug-likeness (QED) is 0.382. The number of ether oxygens (including phenoxy) is 2. The predicted octanol–water partition coefficient (Wildman–Crippen LogP) is 4.90. The number of allylic oxidation sites excluding steroid dienone is 1. The lowest BCUT2D eigenvalue weighted by atomic mass is 9.96. The van der Waals surface area contributed by atoms with Crippen LogP contribution < -0.4 is 14.8 Å². The van der Waals surface area contributed by atoms with Crippen LogP contribution in [0.2, 0.25) is 0 Å². The fourth-order valence-electron chi connectivity index (χ4n) is 3.88. The minimum atomic E-state index is -0.113.